The Morgan fingerprint density at radius 3 is 1.23 bits per heavy atom. The molecule has 0 aromatic heterocycles. The van der Waals surface area contributed by atoms with Crippen LogP contribution >= 0.6 is 0 Å². The summed E-state index contributed by atoms with van der Waals surface area (Å²) < 4.78 is 17.3. The van der Waals surface area contributed by atoms with Gasteiger partial charge in [-0.05, 0) is 116 Å². The number of allylic oxidation sites excluding steroid dienone is 20. The van der Waals surface area contributed by atoms with Crippen LogP contribution in [0.2, 0.25) is 0 Å². The van der Waals surface area contributed by atoms with Gasteiger partial charge in [-0.1, -0.05) is 194 Å². The van der Waals surface area contributed by atoms with E-state index in [0.717, 1.165) is 96.3 Å². The van der Waals surface area contributed by atoms with Crippen LogP contribution in [0, 0.1) is 0 Å². The summed E-state index contributed by atoms with van der Waals surface area (Å²) in [5.41, 5.74) is 0. The second kappa shape index (κ2) is 51.6. The van der Waals surface area contributed by atoms with E-state index < -0.39 is 6.10 Å². The van der Waals surface area contributed by atoms with E-state index in [9.17, 15) is 9.59 Å². The Hall–Kier alpha value is -3.70. The molecule has 0 aliphatic heterocycles. The molecule has 350 valence electrons. The van der Waals surface area contributed by atoms with Crippen molar-refractivity contribution in [3.63, 3.8) is 0 Å². The SMILES string of the molecule is CC/C=C\C/C=C\C/C=C\C/C=C\CCC(=O)OCC(COCCCCCCCCC/C=C\C/C=C\C/C=C\CCCCC)OC(=O)CCCCC/C=C\C/C=C\C/C=C\CC. The Morgan fingerprint density at radius 2 is 0.758 bits per heavy atom. The lowest BCUT2D eigenvalue weighted by Gasteiger charge is -2.18. The molecular weight excluding hydrogens is 765 g/mol. The maximum Gasteiger partial charge on any atom is 0.306 e. The van der Waals surface area contributed by atoms with Crippen molar-refractivity contribution in [2.75, 3.05) is 19.8 Å². The third kappa shape index (κ3) is 49.0. The first-order valence-electron chi connectivity index (χ1n) is 25.1. The topological polar surface area (TPSA) is 61.8 Å². The number of ether oxygens (including phenoxy) is 3. The first-order valence-corrected chi connectivity index (χ1v) is 25.1. The van der Waals surface area contributed by atoms with Gasteiger partial charge in [-0.25, -0.2) is 0 Å². The van der Waals surface area contributed by atoms with E-state index in [1.165, 1.54) is 64.2 Å². The average molecular weight is 857 g/mol. The Balaban J connectivity index is 4.40. The van der Waals surface area contributed by atoms with Crippen LogP contribution in [0.5, 0.6) is 0 Å². The van der Waals surface area contributed by atoms with Crippen LogP contribution in [0.1, 0.15) is 201 Å². The Bertz CT molecular complexity index is 1290. The number of carbonyl (C=O) groups excluding carboxylic acids is 2. The lowest BCUT2D eigenvalue weighted by atomic mass is 10.1. The molecule has 0 radical (unpaired) electrons. The first-order chi connectivity index (χ1) is 30.6. The summed E-state index contributed by atoms with van der Waals surface area (Å²) in [6.07, 6.45) is 72.2. The molecule has 0 aliphatic rings. The number of rotatable bonds is 44. The number of esters is 2. The van der Waals surface area contributed by atoms with Gasteiger partial charge >= 0.3 is 11.9 Å². The maximum atomic E-state index is 12.8. The molecule has 0 spiro atoms. The van der Waals surface area contributed by atoms with E-state index in [1.807, 2.05) is 6.08 Å². The maximum absolute atomic E-state index is 12.8. The lowest BCUT2D eigenvalue weighted by molar-refractivity contribution is -0.162. The number of unbranched alkanes of at least 4 members (excludes halogenated alkanes) is 13. The molecule has 0 aliphatic carbocycles. The molecule has 0 N–H and O–H groups in total. The minimum Gasteiger partial charge on any atom is -0.462 e. The quantitative estimate of drug-likeness (QED) is 0.0347. The summed E-state index contributed by atoms with van der Waals surface area (Å²) in [5, 5.41) is 0. The number of carbonyl (C=O) groups is 2. The molecule has 0 heterocycles. The molecule has 0 aromatic rings. The molecule has 0 amide bonds. The van der Waals surface area contributed by atoms with E-state index in [1.54, 1.807) is 0 Å². The summed E-state index contributed by atoms with van der Waals surface area (Å²) in [5.74, 6) is -0.540. The van der Waals surface area contributed by atoms with Gasteiger partial charge in [0.2, 0.25) is 0 Å². The largest absolute Gasteiger partial charge is 0.462 e. The van der Waals surface area contributed by atoms with Crippen LogP contribution in [0.25, 0.3) is 0 Å². The molecule has 1 atom stereocenters. The molecule has 0 saturated heterocycles. The minimum absolute atomic E-state index is 0.0235. The highest BCUT2D eigenvalue weighted by atomic mass is 16.6. The first kappa shape index (κ1) is 58.3. The third-order valence-corrected chi connectivity index (χ3v) is 9.98. The van der Waals surface area contributed by atoms with Crippen molar-refractivity contribution in [1.82, 2.24) is 0 Å². The van der Waals surface area contributed by atoms with Crippen molar-refractivity contribution < 1.29 is 23.8 Å². The molecule has 62 heavy (non-hydrogen) atoms. The molecule has 0 rings (SSSR count). The number of hydrogen-bond acceptors (Lipinski definition) is 5. The summed E-state index contributed by atoms with van der Waals surface area (Å²) in [6, 6.07) is 0. The summed E-state index contributed by atoms with van der Waals surface area (Å²) in [7, 11) is 0. The molecule has 5 nitrogen and oxygen atoms in total. The van der Waals surface area contributed by atoms with Gasteiger partial charge in [0, 0.05) is 19.4 Å². The fourth-order valence-corrected chi connectivity index (χ4v) is 6.31. The number of hydrogen-bond donors (Lipinski definition) is 0. The zero-order valence-electron chi connectivity index (χ0n) is 40.1. The monoisotopic (exact) mass is 857 g/mol. The third-order valence-electron chi connectivity index (χ3n) is 9.98. The lowest BCUT2D eigenvalue weighted by Crippen LogP contribution is -2.30. The van der Waals surface area contributed by atoms with Crippen LogP contribution in [-0.4, -0.2) is 37.9 Å². The molecule has 0 bridgehead atoms. The predicted molar refractivity (Wildman–Crippen MR) is 269 cm³/mol. The Labute approximate surface area is 382 Å². The fourth-order valence-electron chi connectivity index (χ4n) is 6.31. The predicted octanol–water partition coefficient (Wildman–Crippen LogP) is 17.0. The average Bonchev–Trinajstić information content (AvgIpc) is 3.27. The summed E-state index contributed by atoms with van der Waals surface area (Å²) in [4.78, 5) is 25.3. The highest BCUT2D eigenvalue weighted by Crippen LogP contribution is 2.11. The highest BCUT2D eigenvalue weighted by molar-refractivity contribution is 5.70. The zero-order valence-corrected chi connectivity index (χ0v) is 40.1. The van der Waals surface area contributed by atoms with Crippen molar-refractivity contribution in [2.45, 2.75) is 207 Å². The van der Waals surface area contributed by atoms with Gasteiger partial charge in [0.25, 0.3) is 0 Å². The standard InChI is InChI=1S/C57H92O5/c1-4-7-10-13-16-19-22-25-26-27-28-29-30-31-34-37-40-43-46-49-52-60-53-55(62-57(59)51-48-45-42-39-36-33-24-21-18-15-12-9-6-3)54-61-56(58)50-47-44-41-38-35-32-23-20-17-14-11-8-5-2/h8-9,11-12,16-21,25-26,28-29,32-33,35-36,41,44,55H,4-7,10,13-15,22-24,27,30-31,34,37-40,42-43,45-54H2,1-3H3/b11-8-,12-9-,19-16-,20-17-,21-18-,26-25-,29-28-,35-32-,36-33-,44-41-. The van der Waals surface area contributed by atoms with E-state index in [2.05, 4.69) is 136 Å². The van der Waals surface area contributed by atoms with Crippen molar-refractivity contribution in [3.8, 4) is 0 Å². The van der Waals surface area contributed by atoms with Gasteiger partial charge in [-0.15, -0.1) is 0 Å². The van der Waals surface area contributed by atoms with Gasteiger partial charge in [-0.3, -0.25) is 9.59 Å². The second-order valence-electron chi connectivity index (χ2n) is 15.9. The van der Waals surface area contributed by atoms with Crippen LogP contribution in [0.15, 0.2) is 122 Å². The van der Waals surface area contributed by atoms with Crippen molar-refractivity contribution in [1.29, 1.82) is 0 Å². The van der Waals surface area contributed by atoms with Crippen LogP contribution in [-0.2, 0) is 23.8 Å². The van der Waals surface area contributed by atoms with E-state index >= 15 is 0 Å². The minimum atomic E-state index is -0.593. The molecule has 0 saturated carbocycles. The van der Waals surface area contributed by atoms with Gasteiger partial charge in [0.15, 0.2) is 6.10 Å². The van der Waals surface area contributed by atoms with Gasteiger partial charge in [0.1, 0.15) is 6.61 Å². The molecular formula is C57H92O5. The molecule has 0 aromatic carbocycles. The van der Waals surface area contributed by atoms with Gasteiger partial charge in [0.05, 0.1) is 6.61 Å². The highest BCUT2D eigenvalue weighted by Gasteiger charge is 2.17. The second-order valence-corrected chi connectivity index (χ2v) is 15.9. The van der Waals surface area contributed by atoms with Crippen molar-refractivity contribution >= 4 is 11.9 Å². The van der Waals surface area contributed by atoms with Crippen molar-refractivity contribution in [2.24, 2.45) is 0 Å². The van der Waals surface area contributed by atoms with Gasteiger partial charge < -0.3 is 14.2 Å². The smallest absolute Gasteiger partial charge is 0.306 e. The van der Waals surface area contributed by atoms with Crippen LogP contribution < -0.4 is 0 Å². The molecule has 5 heteroatoms. The Kier molecular flexibility index (Phi) is 48.6. The zero-order chi connectivity index (χ0) is 44.9. The van der Waals surface area contributed by atoms with Crippen molar-refractivity contribution in [3.05, 3.63) is 122 Å². The van der Waals surface area contributed by atoms with Crippen LogP contribution in [0.3, 0.4) is 0 Å². The summed E-state index contributed by atoms with van der Waals surface area (Å²) in [6.45, 7) is 7.42. The van der Waals surface area contributed by atoms with E-state index in [0.29, 0.717) is 25.9 Å². The molecule has 1 unspecified atom stereocenters. The van der Waals surface area contributed by atoms with E-state index in [-0.39, 0.29) is 25.2 Å². The Morgan fingerprint density at radius 1 is 0.371 bits per heavy atom. The molecule has 0 fully saturated rings. The fraction of sp³-hybridized carbons (Fsp3) is 0.614. The van der Waals surface area contributed by atoms with Crippen LogP contribution in [0.4, 0.5) is 0 Å². The summed E-state index contributed by atoms with van der Waals surface area (Å²) >= 11 is 0. The van der Waals surface area contributed by atoms with Gasteiger partial charge in [-0.2, -0.15) is 0 Å². The van der Waals surface area contributed by atoms with E-state index in [4.69, 9.17) is 14.2 Å². The normalized spacial score (nSPS) is 13.3.